The number of piperidine rings is 1. The highest BCUT2D eigenvalue weighted by Crippen LogP contribution is 2.20. The van der Waals surface area contributed by atoms with E-state index in [-0.39, 0.29) is 5.91 Å². The van der Waals surface area contributed by atoms with Gasteiger partial charge >= 0.3 is 0 Å². The minimum Gasteiger partial charge on any atom is -0.337 e. The third kappa shape index (κ3) is 3.99. The van der Waals surface area contributed by atoms with E-state index in [0.29, 0.717) is 11.6 Å². The smallest absolute Gasteiger partial charge is 0.274 e. The van der Waals surface area contributed by atoms with E-state index in [1.807, 2.05) is 4.90 Å². The number of rotatable bonds is 4. The molecule has 0 radical (unpaired) electrons. The van der Waals surface area contributed by atoms with Gasteiger partial charge in [-0.2, -0.15) is 0 Å². The molecule has 5 nitrogen and oxygen atoms in total. The van der Waals surface area contributed by atoms with Crippen LogP contribution in [0.15, 0.2) is 18.6 Å². The minimum absolute atomic E-state index is 0.0163. The number of amides is 1. The van der Waals surface area contributed by atoms with E-state index in [2.05, 4.69) is 29.0 Å². The molecule has 2 heterocycles. The summed E-state index contributed by atoms with van der Waals surface area (Å²) in [6.07, 6.45) is 8.17. The first kappa shape index (κ1) is 13.9. The quantitative estimate of drug-likeness (QED) is 0.820. The zero-order valence-electron chi connectivity index (χ0n) is 11.7. The van der Waals surface area contributed by atoms with Crippen LogP contribution in [0, 0.1) is 5.92 Å². The summed E-state index contributed by atoms with van der Waals surface area (Å²) in [5.41, 5.74) is 0.454. The molecule has 0 saturated carbocycles. The van der Waals surface area contributed by atoms with Gasteiger partial charge in [0.2, 0.25) is 0 Å². The van der Waals surface area contributed by atoms with E-state index in [1.54, 1.807) is 18.6 Å². The molecule has 1 aliphatic rings. The highest BCUT2D eigenvalue weighted by Gasteiger charge is 2.25. The molecule has 1 aromatic rings. The highest BCUT2D eigenvalue weighted by atomic mass is 16.2. The number of nitrogens with zero attached hydrogens (tertiary/aromatic N) is 4. The number of carbonyl (C=O) groups is 1. The first-order chi connectivity index (χ1) is 9.16. The molecule has 1 aromatic heterocycles. The number of likely N-dealkylation sites (tertiary alicyclic amines) is 1. The van der Waals surface area contributed by atoms with Gasteiger partial charge in [0.05, 0.1) is 6.20 Å². The average molecular weight is 262 g/mol. The van der Waals surface area contributed by atoms with Crippen LogP contribution in [-0.4, -0.2) is 59.4 Å². The second-order valence-electron chi connectivity index (χ2n) is 5.44. The van der Waals surface area contributed by atoms with E-state index >= 15 is 0 Å². The van der Waals surface area contributed by atoms with Gasteiger partial charge in [0.25, 0.3) is 5.91 Å². The lowest BCUT2D eigenvalue weighted by Crippen LogP contribution is -2.41. The van der Waals surface area contributed by atoms with Crippen LogP contribution < -0.4 is 0 Å². The van der Waals surface area contributed by atoms with E-state index in [9.17, 15) is 4.79 Å². The molecule has 0 spiro atoms. The third-order valence-electron chi connectivity index (χ3n) is 3.57. The molecular weight excluding hydrogens is 240 g/mol. The molecule has 1 atom stereocenters. The Morgan fingerprint density at radius 2 is 2.32 bits per heavy atom. The number of carbonyl (C=O) groups excluding carboxylic acids is 1. The van der Waals surface area contributed by atoms with Crippen LogP contribution in [0.25, 0.3) is 0 Å². The highest BCUT2D eigenvalue weighted by molar-refractivity contribution is 5.92. The SMILES string of the molecule is CN(C)CCC1CCCN(C(=O)c2cnccn2)C1. The zero-order valence-corrected chi connectivity index (χ0v) is 11.7. The molecule has 0 aliphatic carbocycles. The maximum absolute atomic E-state index is 12.3. The van der Waals surface area contributed by atoms with Gasteiger partial charge in [0.1, 0.15) is 5.69 Å². The van der Waals surface area contributed by atoms with Crippen LogP contribution in [-0.2, 0) is 0 Å². The Balaban J connectivity index is 1.92. The predicted molar refractivity (Wildman–Crippen MR) is 73.8 cm³/mol. The number of hydrogen-bond donors (Lipinski definition) is 0. The Labute approximate surface area is 114 Å². The Morgan fingerprint density at radius 1 is 1.47 bits per heavy atom. The van der Waals surface area contributed by atoms with Crippen molar-refractivity contribution < 1.29 is 4.79 Å². The summed E-state index contributed by atoms with van der Waals surface area (Å²) in [6, 6.07) is 0. The van der Waals surface area contributed by atoms with Crippen molar-refractivity contribution in [1.29, 1.82) is 0 Å². The molecule has 0 N–H and O–H groups in total. The van der Waals surface area contributed by atoms with Crippen LogP contribution in [0.4, 0.5) is 0 Å². The van der Waals surface area contributed by atoms with Crippen molar-refractivity contribution in [2.45, 2.75) is 19.3 Å². The van der Waals surface area contributed by atoms with Crippen molar-refractivity contribution in [2.24, 2.45) is 5.92 Å². The van der Waals surface area contributed by atoms with Crippen molar-refractivity contribution in [3.8, 4) is 0 Å². The van der Waals surface area contributed by atoms with Crippen molar-refractivity contribution in [3.63, 3.8) is 0 Å². The normalized spacial score (nSPS) is 19.7. The molecule has 1 aliphatic heterocycles. The van der Waals surface area contributed by atoms with Crippen LogP contribution in [0.2, 0.25) is 0 Å². The summed E-state index contributed by atoms with van der Waals surface area (Å²) in [4.78, 5) is 24.5. The Hall–Kier alpha value is -1.49. The lowest BCUT2D eigenvalue weighted by Gasteiger charge is -2.33. The molecule has 5 heteroatoms. The van der Waals surface area contributed by atoms with Gasteiger partial charge in [0.15, 0.2) is 0 Å². The predicted octanol–water partition coefficient (Wildman–Crippen LogP) is 1.28. The fraction of sp³-hybridized carbons (Fsp3) is 0.643. The van der Waals surface area contributed by atoms with E-state index in [4.69, 9.17) is 0 Å². The monoisotopic (exact) mass is 262 g/mol. The van der Waals surface area contributed by atoms with Gasteiger partial charge in [-0.3, -0.25) is 9.78 Å². The molecule has 19 heavy (non-hydrogen) atoms. The number of hydrogen-bond acceptors (Lipinski definition) is 4. The molecule has 1 fully saturated rings. The van der Waals surface area contributed by atoms with Crippen molar-refractivity contribution in [2.75, 3.05) is 33.7 Å². The average Bonchev–Trinajstić information content (AvgIpc) is 2.45. The first-order valence-corrected chi connectivity index (χ1v) is 6.87. The second kappa shape index (κ2) is 6.61. The van der Waals surface area contributed by atoms with Gasteiger partial charge in [-0.05, 0) is 45.8 Å². The fourth-order valence-corrected chi connectivity index (χ4v) is 2.50. The van der Waals surface area contributed by atoms with Gasteiger partial charge in [-0.15, -0.1) is 0 Å². The van der Waals surface area contributed by atoms with Gasteiger partial charge in [-0.1, -0.05) is 0 Å². The van der Waals surface area contributed by atoms with E-state index < -0.39 is 0 Å². The molecular formula is C14H22N4O. The van der Waals surface area contributed by atoms with Crippen molar-refractivity contribution >= 4 is 5.91 Å². The van der Waals surface area contributed by atoms with Crippen LogP contribution in [0.3, 0.4) is 0 Å². The van der Waals surface area contributed by atoms with Crippen molar-refractivity contribution in [1.82, 2.24) is 19.8 Å². The molecule has 0 aromatic carbocycles. The summed E-state index contributed by atoms with van der Waals surface area (Å²) >= 11 is 0. The molecule has 1 unspecified atom stereocenters. The van der Waals surface area contributed by atoms with Gasteiger partial charge in [-0.25, -0.2) is 4.98 Å². The molecule has 1 amide bonds. The second-order valence-corrected chi connectivity index (χ2v) is 5.44. The number of aromatic nitrogens is 2. The Bertz CT molecular complexity index is 407. The minimum atomic E-state index is 0.0163. The zero-order chi connectivity index (χ0) is 13.7. The summed E-state index contributed by atoms with van der Waals surface area (Å²) in [5, 5.41) is 0. The topological polar surface area (TPSA) is 49.3 Å². The van der Waals surface area contributed by atoms with E-state index in [0.717, 1.165) is 32.5 Å². The van der Waals surface area contributed by atoms with E-state index in [1.165, 1.54) is 6.42 Å². The summed E-state index contributed by atoms with van der Waals surface area (Å²) in [7, 11) is 4.18. The molecule has 2 rings (SSSR count). The Kier molecular flexibility index (Phi) is 4.85. The van der Waals surface area contributed by atoms with Gasteiger partial charge in [0, 0.05) is 25.5 Å². The standard InChI is InChI=1S/C14H22N4O/c1-17(2)9-5-12-4-3-8-18(11-12)14(19)13-10-15-6-7-16-13/h6-7,10,12H,3-5,8-9,11H2,1-2H3. The van der Waals surface area contributed by atoms with Gasteiger partial charge < -0.3 is 9.80 Å². The van der Waals surface area contributed by atoms with Crippen molar-refractivity contribution in [3.05, 3.63) is 24.3 Å². The molecule has 1 saturated heterocycles. The maximum Gasteiger partial charge on any atom is 0.274 e. The summed E-state index contributed by atoms with van der Waals surface area (Å²) in [5.74, 6) is 0.624. The van der Waals surface area contributed by atoms with Crippen LogP contribution in [0.5, 0.6) is 0 Å². The summed E-state index contributed by atoms with van der Waals surface area (Å²) < 4.78 is 0. The lowest BCUT2D eigenvalue weighted by molar-refractivity contribution is 0.0657. The Morgan fingerprint density at radius 3 is 3.00 bits per heavy atom. The van der Waals surface area contributed by atoms with Crippen LogP contribution in [0.1, 0.15) is 29.8 Å². The maximum atomic E-state index is 12.3. The largest absolute Gasteiger partial charge is 0.337 e. The third-order valence-corrected chi connectivity index (χ3v) is 3.57. The molecule has 0 bridgehead atoms. The first-order valence-electron chi connectivity index (χ1n) is 6.87. The van der Waals surface area contributed by atoms with Crippen LogP contribution >= 0.6 is 0 Å². The fourth-order valence-electron chi connectivity index (χ4n) is 2.50. The lowest BCUT2D eigenvalue weighted by atomic mass is 9.94. The molecule has 104 valence electrons. The summed E-state index contributed by atoms with van der Waals surface area (Å²) in [6.45, 7) is 2.77.